The van der Waals surface area contributed by atoms with Crippen LogP contribution in [0.2, 0.25) is 23.2 Å². The molecule has 0 aromatic heterocycles. The number of nitrogens with zero attached hydrogens (tertiary/aromatic N) is 1. The summed E-state index contributed by atoms with van der Waals surface area (Å²) in [6.07, 6.45) is 4.94. The van der Waals surface area contributed by atoms with Crippen LogP contribution in [0.15, 0.2) is 60.7 Å². The fourth-order valence-corrected chi connectivity index (χ4v) is 12.0. The van der Waals surface area contributed by atoms with Crippen LogP contribution in [0.4, 0.5) is 0 Å². The Kier molecular flexibility index (Phi) is 7.83. The zero-order chi connectivity index (χ0) is 26.2. The van der Waals surface area contributed by atoms with Gasteiger partial charge in [0.05, 0.1) is 6.61 Å². The van der Waals surface area contributed by atoms with Gasteiger partial charge in [0.25, 0.3) is 8.32 Å². The van der Waals surface area contributed by atoms with Crippen LogP contribution in [0.3, 0.4) is 0 Å². The van der Waals surface area contributed by atoms with E-state index < -0.39 is 16.6 Å². The summed E-state index contributed by atoms with van der Waals surface area (Å²) in [7, 11) is -4.28. The molecule has 5 heteroatoms. The van der Waals surface area contributed by atoms with E-state index in [-0.39, 0.29) is 15.6 Å². The summed E-state index contributed by atoms with van der Waals surface area (Å²) in [6.45, 7) is 21.8. The Hall–Kier alpha value is -1.25. The minimum atomic E-state index is -2.53. The molecule has 2 aromatic rings. The molecular formula is C31H49NO2Si2. The van der Waals surface area contributed by atoms with E-state index in [4.69, 9.17) is 8.85 Å². The second-order valence-corrected chi connectivity index (χ2v) is 22.9. The van der Waals surface area contributed by atoms with E-state index in [1.54, 1.807) is 0 Å². The molecule has 0 aliphatic carbocycles. The summed E-state index contributed by atoms with van der Waals surface area (Å²) in [5, 5.41) is 3.01. The van der Waals surface area contributed by atoms with E-state index >= 15 is 0 Å². The SMILES string of the molecule is CC(C)(C)[Si](C)(C)OC[C@@H]1CC[C@@]2(CO[Si](c3ccccc3)(c3ccccc3)C(C)(C)C)CCCN12. The van der Waals surface area contributed by atoms with E-state index in [1.165, 1.54) is 42.6 Å². The molecule has 4 rings (SSSR count). The van der Waals surface area contributed by atoms with Crippen LogP contribution in [0, 0.1) is 0 Å². The highest BCUT2D eigenvalue weighted by Gasteiger charge is 2.55. The molecule has 0 saturated carbocycles. The van der Waals surface area contributed by atoms with E-state index in [0.717, 1.165) is 13.2 Å². The quantitative estimate of drug-likeness (QED) is 0.365. The van der Waals surface area contributed by atoms with Crippen molar-refractivity contribution in [1.29, 1.82) is 0 Å². The zero-order valence-corrected chi connectivity index (χ0v) is 26.1. The first kappa shape index (κ1) is 27.8. The minimum Gasteiger partial charge on any atom is -0.415 e. The Balaban J connectivity index is 1.61. The lowest BCUT2D eigenvalue weighted by Gasteiger charge is -2.46. The van der Waals surface area contributed by atoms with Gasteiger partial charge in [-0.3, -0.25) is 4.90 Å². The second kappa shape index (κ2) is 10.1. The van der Waals surface area contributed by atoms with Gasteiger partial charge in [0.15, 0.2) is 8.32 Å². The average molecular weight is 524 g/mol. The Bertz CT molecular complexity index is 957. The van der Waals surface area contributed by atoms with Crippen LogP contribution in [0.5, 0.6) is 0 Å². The van der Waals surface area contributed by atoms with Crippen LogP contribution in [0.1, 0.15) is 67.2 Å². The van der Waals surface area contributed by atoms with E-state index in [1.807, 2.05) is 0 Å². The molecule has 2 aliphatic rings. The fourth-order valence-electron chi connectivity index (χ4n) is 6.31. The highest BCUT2D eigenvalue weighted by Crippen LogP contribution is 2.46. The van der Waals surface area contributed by atoms with Crippen molar-refractivity contribution in [2.24, 2.45) is 0 Å². The third-order valence-electron chi connectivity index (χ3n) is 9.45. The van der Waals surface area contributed by atoms with E-state index in [0.29, 0.717) is 6.04 Å². The van der Waals surface area contributed by atoms with Crippen LogP contribution >= 0.6 is 0 Å². The Morgan fingerprint density at radius 2 is 1.36 bits per heavy atom. The van der Waals surface area contributed by atoms with Crippen molar-refractivity contribution in [3.05, 3.63) is 60.7 Å². The van der Waals surface area contributed by atoms with Gasteiger partial charge >= 0.3 is 0 Å². The van der Waals surface area contributed by atoms with Gasteiger partial charge < -0.3 is 8.85 Å². The largest absolute Gasteiger partial charge is 0.415 e. The normalized spacial score (nSPS) is 23.7. The summed E-state index contributed by atoms with van der Waals surface area (Å²) < 4.78 is 14.2. The summed E-state index contributed by atoms with van der Waals surface area (Å²) in [5.74, 6) is 0. The summed E-state index contributed by atoms with van der Waals surface area (Å²) in [6, 6.07) is 22.7. The Morgan fingerprint density at radius 3 is 1.86 bits per heavy atom. The number of hydrogen-bond acceptors (Lipinski definition) is 3. The molecule has 0 N–H and O–H groups in total. The maximum Gasteiger partial charge on any atom is 0.261 e. The molecule has 198 valence electrons. The molecule has 2 saturated heterocycles. The number of benzene rings is 2. The van der Waals surface area contributed by atoms with Crippen LogP contribution < -0.4 is 10.4 Å². The van der Waals surface area contributed by atoms with Crippen molar-refractivity contribution in [2.45, 2.75) is 102 Å². The molecule has 0 radical (unpaired) electrons. The van der Waals surface area contributed by atoms with Crippen molar-refractivity contribution in [3.63, 3.8) is 0 Å². The molecule has 36 heavy (non-hydrogen) atoms. The summed E-state index contributed by atoms with van der Waals surface area (Å²) in [5.41, 5.74) is 0.147. The van der Waals surface area contributed by atoms with E-state index in [2.05, 4.69) is 120 Å². The zero-order valence-electron chi connectivity index (χ0n) is 24.1. The fraction of sp³-hybridized carbons (Fsp3) is 0.613. The number of rotatable bonds is 8. The highest BCUT2D eigenvalue weighted by atomic mass is 28.4. The maximum absolute atomic E-state index is 7.47. The van der Waals surface area contributed by atoms with Gasteiger partial charge in [-0.15, -0.1) is 0 Å². The first-order valence-electron chi connectivity index (χ1n) is 14.0. The number of fused-ring (bicyclic) bond motifs is 1. The molecule has 2 heterocycles. The first-order chi connectivity index (χ1) is 16.8. The molecular weight excluding hydrogens is 475 g/mol. The van der Waals surface area contributed by atoms with Gasteiger partial charge in [0.1, 0.15) is 0 Å². The molecule has 0 amide bonds. The van der Waals surface area contributed by atoms with Gasteiger partial charge in [0.2, 0.25) is 0 Å². The Labute approximate surface area is 222 Å². The summed E-state index contributed by atoms with van der Waals surface area (Å²) in [4.78, 5) is 2.79. The minimum absolute atomic E-state index is 0.0131. The van der Waals surface area contributed by atoms with Crippen molar-refractivity contribution >= 4 is 27.0 Å². The topological polar surface area (TPSA) is 21.7 Å². The van der Waals surface area contributed by atoms with Crippen molar-refractivity contribution in [3.8, 4) is 0 Å². The molecule has 2 atom stereocenters. The van der Waals surface area contributed by atoms with Gasteiger partial charge in [-0.1, -0.05) is 102 Å². The van der Waals surface area contributed by atoms with Crippen molar-refractivity contribution < 1.29 is 8.85 Å². The van der Waals surface area contributed by atoms with Crippen LogP contribution in [-0.4, -0.2) is 52.9 Å². The lowest BCUT2D eigenvalue weighted by atomic mass is 9.95. The molecule has 2 aliphatic heterocycles. The lowest BCUT2D eigenvalue weighted by Crippen LogP contribution is -2.68. The molecule has 3 nitrogen and oxygen atoms in total. The van der Waals surface area contributed by atoms with Gasteiger partial charge in [0, 0.05) is 18.2 Å². The molecule has 2 fully saturated rings. The maximum atomic E-state index is 7.47. The molecule has 0 spiro atoms. The highest BCUT2D eigenvalue weighted by molar-refractivity contribution is 6.99. The second-order valence-electron chi connectivity index (χ2n) is 13.7. The smallest absolute Gasteiger partial charge is 0.261 e. The van der Waals surface area contributed by atoms with Crippen molar-refractivity contribution in [2.75, 3.05) is 19.8 Å². The molecule has 2 aromatic carbocycles. The first-order valence-corrected chi connectivity index (χ1v) is 18.8. The lowest BCUT2D eigenvalue weighted by molar-refractivity contribution is 0.0661. The van der Waals surface area contributed by atoms with Crippen molar-refractivity contribution in [1.82, 2.24) is 4.90 Å². The monoisotopic (exact) mass is 523 g/mol. The standard InChI is InChI=1S/C31H49NO2Si2/c1-29(2,3)35(7,8)33-24-26-20-22-31(21-15-23-32(26)31)25-34-36(30(4,5)6,27-16-11-9-12-17-27)28-18-13-10-14-19-28/h9-14,16-19,26H,15,20-25H2,1-8H3/t26-,31+/m0/s1. The predicted molar refractivity (Wildman–Crippen MR) is 158 cm³/mol. The van der Waals surface area contributed by atoms with Gasteiger partial charge in [-0.25, -0.2) is 0 Å². The Morgan fingerprint density at radius 1 is 0.806 bits per heavy atom. The predicted octanol–water partition coefficient (Wildman–Crippen LogP) is 6.58. The summed E-state index contributed by atoms with van der Waals surface area (Å²) >= 11 is 0. The van der Waals surface area contributed by atoms with Gasteiger partial charge in [-0.05, 0) is 65.8 Å². The number of hydrogen-bond donors (Lipinski definition) is 0. The van der Waals surface area contributed by atoms with Gasteiger partial charge in [-0.2, -0.15) is 0 Å². The average Bonchev–Trinajstić information content (AvgIpc) is 3.37. The van der Waals surface area contributed by atoms with Crippen LogP contribution in [-0.2, 0) is 8.85 Å². The van der Waals surface area contributed by atoms with E-state index in [9.17, 15) is 0 Å². The third kappa shape index (κ3) is 5.06. The molecule has 0 bridgehead atoms. The van der Waals surface area contributed by atoms with Crippen LogP contribution in [0.25, 0.3) is 0 Å². The molecule has 0 unspecified atom stereocenters. The third-order valence-corrected chi connectivity index (χ3v) is 18.9.